The minimum Gasteiger partial charge on any atom is -0.495 e. The molecule has 4 rings (SSSR count). The molecular weight excluding hydrogens is 370 g/mol. The maximum absolute atomic E-state index is 12.9. The molecule has 2 aromatic rings. The van der Waals surface area contributed by atoms with E-state index in [-0.39, 0.29) is 11.8 Å². The van der Waals surface area contributed by atoms with E-state index in [2.05, 4.69) is 10.2 Å². The third kappa shape index (κ3) is 4.19. The Kier molecular flexibility index (Phi) is 5.67. The van der Waals surface area contributed by atoms with E-state index < -0.39 is 0 Å². The molecule has 2 heterocycles. The molecular formula is C22H25N3O4. The molecule has 7 heteroatoms. The highest BCUT2D eigenvalue weighted by Crippen LogP contribution is 2.31. The molecule has 2 aromatic carbocycles. The number of benzene rings is 2. The first-order valence-corrected chi connectivity index (χ1v) is 9.88. The Hall–Kier alpha value is -3.06. The first kappa shape index (κ1) is 19.3. The highest BCUT2D eigenvalue weighted by Gasteiger charge is 2.22. The SMILES string of the molecule is COc1ccc(N2CCOCC2)cc1NC(=O)c1cccc(N2CCCC2=O)c1. The van der Waals surface area contributed by atoms with Crippen LogP contribution in [0.5, 0.6) is 5.75 Å². The third-order valence-electron chi connectivity index (χ3n) is 5.30. The molecule has 152 valence electrons. The van der Waals surface area contributed by atoms with Crippen LogP contribution in [0, 0.1) is 0 Å². The number of amides is 2. The van der Waals surface area contributed by atoms with E-state index in [4.69, 9.17) is 9.47 Å². The lowest BCUT2D eigenvalue weighted by Gasteiger charge is -2.29. The summed E-state index contributed by atoms with van der Waals surface area (Å²) in [4.78, 5) is 28.9. The number of carbonyl (C=O) groups is 2. The smallest absolute Gasteiger partial charge is 0.255 e. The lowest BCUT2D eigenvalue weighted by molar-refractivity contribution is -0.117. The fraction of sp³-hybridized carbons (Fsp3) is 0.364. The number of ether oxygens (including phenoxy) is 2. The zero-order valence-corrected chi connectivity index (χ0v) is 16.5. The third-order valence-corrected chi connectivity index (χ3v) is 5.30. The number of morpholine rings is 1. The second kappa shape index (κ2) is 8.53. The van der Waals surface area contributed by atoms with Crippen LogP contribution in [-0.2, 0) is 9.53 Å². The number of nitrogens with one attached hydrogen (secondary N) is 1. The Morgan fingerprint density at radius 3 is 2.62 bits per heavy atom. The summed E-state index contributed by atoms with van der Waals surface area (Å²) < 4.78 is 10.8. The highest BCUT2D eigenvalue weighted by atomic mass is 16.5. The predicted octanol–water partition coefficient (Wildman–Crippen LogP) is 2.91. The fourth-order valence-corrected chi connectivity index (χ4v) is 3.74. The number of methoxy groups -OCH3 is 1. The molecule has 0 spiro atoms. The maximum Gasteiger partial charge on any atom is 0.255 e. The summed E-state index contributed by atoms with van der Waals surface area (Å²) in [6.07, 6.45) is 1.41. The van der Waals surface area contributed by atoms with Crippen molar-refractivity contribution in [2.45, 2.75) is 12.8 Å². The number of carbonyl (C=O) groups excluding carboxylic acids is 2. The minimum absolute atomic E-state index is 0.0995. The lowest BCUT2D eigenvalue weighted by Crippen LogP contribution is -2.36. The molecule has 2 aliphatic rings. The molecule has 29 heavy (non-hydrogen) atoms. The van der Waals surface area contributed by atoms with Gasteiger partial charge in [0.2, 0.25) is 5.91 Å². The van der Waals surface area contributed by atoms with Crippen molar-refractivity contribution in [3.8, 4) is 5.75 Å². The van der Waals surface area contributed by atoms with E-state index >= 15 is 0 Å². The zero-order chi connectivity index (χ0) is 20.2. The Balaban J connectivity index is 1.55. The number of hydrogen-bond acceptors (Lipinski definition) is 5. The van der Waals surface area contributed by atoms with Gasteiger partial charge >= 0.3 is 0 Å². The summed E-state index contributed by atoms with van der Waals surface area (Å²) in [6.45, 7) is 3.70. The van der Waals surface area contributed by atoms with Crippen LogP contribution in [0.1, 0.15) is 23.2 Å². The molecule has 0 aliphatic carbocycles. The van der Waals surface area contributed by atoms with E-state index in [0.29, 0.717) is 43.2 Å². The van der Waals surface area contributed by atoms with Crippen LogP contribution in [0.3, 0.4) is 0 Å². The molecule has 2 aliphatic heterocycles. The highest BCUT2D eigenvalue weighted by molar-refractivity contribution is 6.06. The molecule has 0 radical (unpaired) electrons. The quantitative estimate of drug-likeness (QED) is 0.843. The van der Waals surface area contributed by atoms with Gasteiger partial charge < -0.3 is 24.6 Å². The van der Waals surface area contributed by atoms with Crippen LogP contribution >= 0.6 is 0 Å². The van der Waals surface area contributed by atoms with Crippen LogP contribution in [0.25, 0.3) is 0 Å². The van der Waals surface area contributed by atoms with Crippen molar-refractivity contribution in [3.63, 3.8) is 0 Å². The van der Waals surface area contributed by atoms with E-state index in [0.717, 1.165) is 30.9 Å². The summed E-state index contributed by atoms with van der Waals surface area (Å²) in [6, 6.07) is 12.9. The zero-order valence-electron chi connectivity index (χ0n) is 16.5. The molecule has 0 aromatic heterocycles. The van der Waals surface area contributed by atoms with Gasteiger partial charge in [-0.2, -0.15) is 0 Å². The van der Waals surface area contributed by atoms with Gasteiger partial charge in [0.1, 0.15) is 5.75 Å². The molecule has 7 nitrogen and oxygen atoms in total. The molecule has 2 amide bonds. The average Bonchev–Trinajstić information content (AvgIpc) is 3.20. The second-order valence-electron chi connectivity index (χ2n) is 7.14. The topological polar surface area (TPSA) is 71.1 Å². The average molecular weight is 395 g/mol. The van der Waals surface area contributed by atoms with Crippen molar-refractivity contribution in [2.75, 3.05) is 55.1 Å². The summed E-state index contributed by atoms with van der Waals surface area (Å²) in [5.41, 5.74) is 2.89. The molecule has 0 bridgehead atoms. The molecule has 0 unspecified atom stereocenters. The van der Waals surface area contributed by atoms with Crippen molar-refractivity contribution in [1.29, 1.82) is 0 Å². The Morgan fingerprint density at radius 2 is 1.90 bits per heavy atom. The van der Waals surface area contributed by atoms with Gasteiger partial charge in [-0.15, -0.1) is 0 Å². The van der Waals surface area contributed by atoms with E-state index in [1.54, 1.807) is 30.2 Å². The number of anilines is 3. The van der Waals surface area contributed by atoms with Crippen LogP contribution in [0.15, 0.2) is 42.5 Å². The summed E-state index contributed by atoms with van der Waals surface area (Å²) in [5.74, 6) is 0.458. The van der Waals surface area contributed by atoms with Crippen LogP contribution in [-0.4, -0.2) is 51.8 Å². The fourth-order valence-electron chi connectivity index (χ4n) is 3.74. The van der Waals surface area contributed by atoms with Gasteiger partial charge in [-0.3, -0.25) is 9.59 Å². The van der Waals surface area contributed by atoms with Gasteiger partial charge in [0.25, 0.3) is 5.91 Å². The monoisotopic (exact) mass is 395 g/mol. The van der Waals surface area contributed by atoms with Crippen LogP contribution < -0.4 is 19.9 Å². The van der Waals surface area contributed by atoms with Gasteiger partial charge in [0.05, 0.1) is 26.0 Å². The lowest BCUT2D eigenvalue weighted by atomic mass is 10.1. The van der Waals surface area contributed by atoms with Gasteiger partial charge in [-0.05, 0) is 42.8 Å². The molecule has 1 N–H and O–H groups in total. The first-order chi connectivity index (χ1) is 14.2. The van der Waals surface area contributed by atoms with E-state index in [1.807, 2.05) is 24.3 Å². The minimum atomic E-state index is -0.240. The van der Waals surface area contributed by atoms with Crippen molar-refractivity contribution in [2.24, 2.45) is 0 Å². The van der Waals surface area contributed by atoms with Crippen LogP contribution in [0.2, 0.25) is 0 Å². The molecule has 2 saturated heterocycles. The van der Waals surface area contributed by atoms with Gasteiger partial charge in [-0.1, -0.05) is 6.07 Å². The molecule has 2 fully saturated rings. The van der Waals surface area contributed by atoms with Gasteiger partial charge in [0.15, 0.2) is 0 Å². The van der Waals surface area contributed by atoms with E-state index in [1.165, 1.54) is 0 Å². The summed E-state index contributed by atoms with van der Waals surface area (Å²) in [7, 11) is 1.58. The van der Waals surface area contributed by atoms with Gasteiger partial charge in [0, 0.05) is 43.0 Å². The van der Waals surface area contributed by atoms with Gasteiger partial charge in [-0.25, -0.2) is 0 Å². The Labute approximate surface area is 170 Å². The van der Waals surface area contributed by atoms with E-state index in [9.17, 15) is 9.59 Å². The van der Waals surface area contributed by atoms with Crippen molar-refractivity contribution in [3.05, 3.63) is 48.0 Å². The largest absolute Gasteiger partial charge is 0.495 e. The first-order valence-electron chi connectivity index (χ1n) is 9.88. The van der Waals surface area contributed by atoms with Crippen molar-refractivity contribution in [1.82, 2.24) is 0 Å². The Bertz CT molecular complexity index is 909. The molecule has 0 atom stereocenters. The normalized spacial score (nSPS) is 16.8. The second-order valence-corrected chi connectivity index (χ2v) is 7.14. The number of hydrogen-bond donors (Lipinski definition) is 1. The number of nitrogens with zero attached hydrogens (tertiary/aromatic N) is 2. The molecule has 0 saturated carbocycles. The number of rotatable bonds is 5. The maximum atomic E-state index is 12.9. The summed E-state index contributed by atoms with van der Waals surface area (Å²) >= 11 is 0. The van der Waals surface area contributed by atoms with Crippen molar-refractivity contribution >= 4 is 28.9 Å². The van der Waals surface area contributed by atoms with Crippen LogP contribution in [0.4, 0.5) is 17.1 Å². The van der Waals surface area contributed by atoms with Crippen molar-refractivity contribution < 1.29 is 19.1 Å². The summed E-state index contributed by atoms with van der Waals surface area (Å²) in [5, 5.41) is 2.96. The predicted molar refractivity (Wildman–Crippen MR) is 112 cm³/mol. The Morgan fingerprint density at radius 1 is 1.07 bits per heavy atom. The standard InChI is InChI=1S/C22H25N3O4/c1-28-20-8-7-17(24-10-12-29-13-11-24)15-19(20)23-22(27)16-4-2-5-18(14-16)25-9-3-6-21(25)26/h2,4-5,7-8,14-15H,3,6,9-13H2,1H3,(H,23,27).